The van der Waals surface area contributed by atoms with Gasteiger partial charge in [0.25, 0.3) is 0 Å². The molecule has 0 atom stereocenters. The summed E-state index contributed by atoms with van der Waals surface area (Å²) in [6, 6.07) is 63.1. The second-order valence-electron chi connectivity index (χ2n) is 25.2. The van der Waals surface area contributed by atoms with Gasteiger partial charge in [-0.1, -0.05) is 155 Å². The van der Waals surface area contributed by atoms with Crippen molar-refractivity contribution in [2.75, 3.05) is 23.9 Å². The van der Waals surface area contributed by atoms with Crippen molar-refractivity contribution in [1.29, 1.82) is 0 Å². The number of imidazole rings is 2. The number of para-hydroxylation sites is 2. The molecule has 12 aromatic rings. The Hall–Kier alpha value is -8.24. The summed E-state index contributed by atoms with van der Waals surface area (Å²) in [4.78, 5) is 17.4. The van der Waals surface area contributed by atoms with Gasteiger partial charge in [-0.25, -0.2) is 0 Å². The van der Waals surface area contributed by atoms with Crippen molar-refractivity contribution in [3.63, 3.8) is 0 Å². The van der Waals surface area contributed by atoms with Crippen molar-refractivity contribution in [3.05, 3.63) is 266 Å². The third-order valence-corrected chi connectivity index (χ3v) is 16.6. The van der Waals surface area contributed by atoms with E-state index in [2.05, 4.69) is 193 Å². The van der Waals surface area contributed by atoms with E-state index >= 15 is 0 Å². The average Bonchev–Trinajstić information content (AvgIpc) is 1.40. The molecule has 0 aliphatic carbocycles. The molecule has 0 unspecified atom stereocenters. The average molecular weight is 1570 g/mol. The summed E-state index contributed by atoms with van der Waals surface area (Å²) >= 11 is 0. The van der Waals surface area contributed by atoms with Crippen LogP contribution in [0.4, 0.5) is 11.4 Å². The summed E-state index contributed by atoms with van der Waals surface area (Å²) in [5.74, 6) is 4.70. The molecule has 14 rings (SSSR count). The Morgan fingerprint density at radius 2 is 0.793 bits per heavy atom. The first-order chi connectivity index (χ1) is 43.4. The molecule has 4 aromatic heterocycles. The molecule has 0 spiro atoms. The van der Waals surface area contributed by atoms with Crippen LogP contribution in [0.25, 0.3) is 78.0 Å². The van der Waals surface area contributed by atoms with Crippen LogP contribution in [0.15, 0.2) is 204 Å². The molecular formula is C80H82Ir2N8O2. The molecule has 2 aliphatic rings. The second-order valence-corrected chi connectivity index (χ2v) is 25.2. The molecule has 0 fully saturated rings. The van der Waals surface area contributed by atoms with E-state index in [9.17, 15) is 0 Å². The predicted octanol–water partition coefficient (Wildman–Crippen LogP) is 20.9. The third-order valence-electron chi connectivity index (χ3n) is 16.6. The van der Waals surface area contributed by atoms with E-state index in [0.717, 1.165) is 78.0 Å². The topological polar surface area (TPSA) is 74.9 Å². The van der Waals surface area contributed by atoms with Crippen LogP contribution in [0.5, 0.6) is 0 Å². The summed E-state index contributed by atoms with van der Waals surface area (Å²) in [6.07, 6.45) is 16.0. The van der Waals surface area contributed by atoms with E-state index in [4.69, 9.17) is 8.83 Å². The fourth-order valence-corrected chi connectivity index (χ4v) is 11.6. The Morgan fingerprint density at radius 3 is 1.20 bits per heavy atom. The third kappa shape index (κ3) is 14.8. The summed E-state index contributed by atoms with van der Waals surface area (Å²) in [7, 11) is 4.00. The number of benzene rings is 8. The summed E-state index contributed by atoms with van der Waals surface area (Å²) < 4.78 is 16.2. The smallest absolute Gasteiger partial charge is 0.516 e. The molecule has 8 aromatic carbocycles. The van der Waals surface area contributed by atoms with Gasteiger partial charge in [-0.05, 0) is 125 Å². The molecule has 0 bridgehead atoms. The fourth-order valence-electron chi connectivity index (χ4n) is 11.6. The summed E-state index contributed by atoms with van der Waals surface area (Å²) in [5.41, 5.74) is 18.6. The largest absolute Gasteiger partial charge is 3.00 e. The van der Waals surface area contributed by atoms with E-state index in [-0.39, 0.29) is 40.2 Å². The molecule has 92 heavy (non-hydrogen) atoms. The Kier molecular flexibility index (Phi) is 22.2. The summed E-state index contributed by atoms with van der Waals surface area (Å²) in [5, 5.41) is 4.51. The second kappa shape index (κ2) is 30.0. The van der Waals surface area contributed by atoms with Crippen LogP contribution < -0.4 is 9.80 Å². The molecule has 0 saturated heterocycles. The van der Waals surface area contributed by atoms with Gasteiger partial charge in [-0.2, -0.15) is 31.5 Å². The van der Waals surface area contributed by atoms with Gasteiger partial charge < -0.3 is 37.6 Å². The van der Waals surface area contributed by atoms with Crippen LogP contribution >= 0.6 is 0 Å². The molecule has 6 heterocycles. The molecule has 0 saturated carbocycles. The first-order valence-electron chi connectivity index (χ1n) is 31.5. The van der Waals surface area contributed by atoms with Crippen LogP contribution in [0, 0.1) is 37.6 Å². The Bertz CT molecular complexity index is 4260. The van der Waals surface area contributed by atoms with Crippen molar-refractivity contribution < 1.29 is 49.0 Å². The minimum atomic E-state index is 0. The molecule has 10 nitrogen and oxygen atoms in total. The molecule has 0 amide bonds. The van der Waals surface area contributed by atoms with E-state index in [1.54, 1.807) is 0 Å². The number of anilines is 2. The first-order valence-corrected chi connectivity index (χ1v) is 31.5. The minimum Gasteiger partial charge on any atom is -0.516 e. The van der Waals surface area contributed by atoms with Crippen LogP contribution in [-0.4, -0.2) is 43.0 Å². The maximum atomic E-state index is 5.88. The number of fused-ring (bicyclic) bond motifs is 6. The van der Waals surface area contributed by atoms with Crippen molar-refractivity contribution in [3.8, 4) is 34.2 Å². The first kappa shape index (κ1) is 68.1. The monoisotopic (exact) mass is 1570 g/mol. The fraction of sp³-hybridized carbons (Fsp3) is 0.250. The number of furan rings is 2. The normalized spacial score (nSPS) is 12.8. The van der Waals surface area contributed by atoms with E-state index in [0.29, 0.717) is 35.5 Å². The zero-order valence-electron chi connectivity index (χ0n) is 55.2. The molecule has 0 radical (unpaired) electrons. The van der Waals surface area contributed by atoms with E-state index in [1.165, 1.54) is 44.8 Å². The SMILES string of the molecule is CC(C)c1cc(C(C)C)c(-n2ccnc2-c2[c-]cccc2)c(C(C)C)c1.CC(C)c1cc(C(C)C)c(-n2ccnc2-c2[c-]cccc2)c(C(C)C)c1.CN1C=CN(c2[c-]cc3c(c2)oc2ccccc23)[CH-]1.CN1C=CN(c2[c-]cc3oc4ccccc4c3c2)[CH-]1.[Ir+3].[Ir+3]. The molecule has 2 aliphatic heterocycles. The van der Waals surface area contributed by atoms with Crippen LogP contribution in [0.3, 0.4) is 0 Å². The number of rotatable bonds is 12. The standard InChI is InChI=1S/2C24H29N2.2C16H12N2O.2Ir/c2*1-16(2)20-14-21(17(3)4)23(22(15-20)18(5)6)26-13-12-25-24(26)19-10-8-7-9-11-19;1-17-8-9-18(11-17)12-6-7-16-14(10-12)13-4-2-3-5-15(13)19-16;1-17-8-9-18(11-17)12-6-7-14-13-4-2-3-5-15(13)19-16(14)10-12;;/h2*7-10,12-18H,1-6H3;2*2-5,7-11H,1H3;;/q2*-1;2*-2;2*+3. The van der Waals surface area contributed by atoms with E-state index < -0.39 is 0 Å². The number of nitrogens with zero attached hydrogens (tertiary/aromatic N) is 8. The van der Waals surface area contributed by atoms with Gasteiger partial charge in [-0.15, -0.1) is 101 Å². The van der Waals surface area contributed by atoms with Crippen molar-refractivity contribution in [1.82, 2.24) is 28.9 Å². The van der Waals surface area contributed by atoms with E-state index in [1.807, 2.05) is 175 Å². The van der Waals surface area contributed by atoms with Crippen molar-refractivity contribution in [2.45, 2.75) is 119 Å². The zero-order valence-corrected chi connectivity index (χ0v) is 59.9. The maximum Gasteiger partial charge on any atom is 3.00 e. The molecule has 472 valence electrons. The van der Waals surface area contributed by atoms with Gasteiger partial charge in [0, 0.05) is 52.7 Å². The molecule has 12 heteroatoms. The minimum absolute atomic E-state index is 0. The van der Waals surface area contributed by atoms with Gasteiger partial charge in [-0.3, -0.25) is 9.97 Å². The van der Waals surface area contributed by atoms with Gasteiger partial charge in [0.2, 0.25) is 0 Å². The van der Waals surface area contributed by atoms with Crippen LogP contribution in [-0.2, 0) is 40.2 Å². The van der Waals surface area contributed by atoms with Gasteiger partial charge in [0.05, 0.1) is 11.6 Å². The molecular weight excluding hydrogens is 1490 g/mol. The van der Waals surface area contributed by atoms with Crippen LogP contribution in [0.1, 0.15) is 152 Å². The number of aromatic nitrogens is 4. The quantitative estimate of drug-likeness (QED) is 0.112. The zero-order chi connectivity index (χ0) is 63.3. The Morgan fingerprint density at radius 1 is 0.391 bits per heavy atom. The van der Waals surface area contributed by atoms with Gasteiger partial charge in [0.1, 0.15) is 11.2 Å². The number of hydrogen-bond donors (Lipinski definition) is 0. The Balaban J connectivity index is 0.000000145. The van der Waals surface area contributed by atoms with Crippen molar-refractivity contribution in [2.24, 2.45) is 0 Å². The maximum absolute atomic E-state index is 5.88. The molecule has 0 N–H and O–H groups in total. The Labute approximate surface area is 572 Å². The number of hydrogen-bond acceptors (Lipinski definition) is 8. The van der Waals surface area contributed by atoms with Gasteiger partial charge in [0.15, 0.2) is 0 Å². The summed E-state index contributed by atoms with van der Waals surface area (Å²) in [6.45, 7) is 31.3. The van der Waals surface area contributed by atoms with Crippen LogP contribution in [0.2, 0.25) is 0 Å². The van der Waals surface area contributed by atoms with Gasteiger partial charge >= 0.3 is 40.2 Å². The predicted molar refractivity (Wildman–Crippen MR) is 373 cm³/mol. The van der Waals surface area contributed by atoms with Crippen molar-refractivity contribution >= 4 is 55.3 Å².